The summed E-state index contributed by atoms with van der Waals surface area (Å²) in [4.78, 5) is 28.9. The van der Waals surface area contributed by atoms with Crippen LogP contribution in [0.25, 0.3) is 10.9 Å². The van der Waals surface area contributed by atoms with E-state index >= 15 is 0 Å². The number of aromatic amines is 1. The third kappa shape index (κ3) is 3.29. The Bertz CT molecular complexity index is 874. The van der Waals surface area contributed by atoms with Crippen molar-refractivity contribution in [2.75, 3.05) is 11.1 Å². The molecule has 1 heterocycles. The number of aliphatic hydroxyl groups is 1. The number of rotatable bonds is 4. The SMILES string of the molecule is CSNn1c(=O)[nH]c2cc(C(F)(F)F)c(C(O)C(C)C)cc2c1=O. The molecule has 0 radical (unpaired) electrons. The van der Waals surface area contributed by atoms with E-state index in [1.54, 1.807) is 20.1 Å². The third-order valence-corrected chi connectivity index (χ3v) is 3.87. The van der Waals surface area contributed by atoms with Crippen LogP contribution in [0.4, 0.5) is 13.2 Å². The van der Waals surface area contributed by atoms with Crippen LogP contribution in [0.15, 0.2) is 21.7 Å². The Balaban J connectivity index is 2.89. The lowest BCUT2D eigenvalue weighted by atomic mass is 9.93. The van der Waals surface area contributed by atoms with E-state index in [1.807, 2.05) is 0 Å². The number of H-pyrrole nitrogens is 1. The lowest BCUT2D eigenvalue weighted by Gasteiger charge is -2.21. The second-order valence-electron chi connectivity index (χ2n) is 5.54. The van der Waals surface area contributed by atoms with Gasteiger partial charge in [0.15, 0.2) is 0 Å². The Morgan fingerprint density at radius 2 is 1.92 bits per heavy atom. The molecular formula is C14H16F3N3O3S. The normalized spacial score (nSPS) is 13.5. The number of alkyl halides is 3. The van der Waals surface area contributed by atoms with Gasteiger partial charge < -0.3 is 10.1 Å². The molecule has 0 spiro atoms. The number of hydrogen-bond donors (Lipinski definition) is 3. The van der Waals surface area contributed by atoms with E-state index in [0.717, 1.165) is 18.0 Å². The van der Waals surface area contributed by atoms with Crippen LogP contribution in [0, 0.1) is 5.92 Å². The molecule has 0 amide bonds. The first-order chi connectivity index (χ1) is 11.1. The number of fused-ring (bicyclic) bond motifs is 1. The molecule has 3 N–H and O–H groups in total. The van der Waals surface area contributed by atoms with Crippen LogP contribution < -0.4 is 16.1 Å². The monoisotopic (exact) mass is 363 g/mol. The standard InChI is InChI=1S/C14H16F3N3O3S/c1-6(2)11(21)7-4-8-10(5-9(7)14(15,16)17)18-13(23)20(12(8)22)19-24-3/h4-6,11,19,21H,1-3H3,(H,18,23). The second kappa shape index (κ2) is 6.52. The molecule has 1 unspecified atom stereocenters. The van der Waals surface area contributed by atoms with Crippen molar-refractivity contribution < 1.29 is 18.3 Å². The molecule has 0 aliphatic heterocycles. The minimum absolute atomic E-state index is 0.126. The number of nitrogens with one attached hydrogen (secondary N) is 2. The van der Waals surface area contributed by atoms with Crippen LogP contribution in [-0.4, -0.2) is 21.0 Å². The largest absolute Gasteiger partial charge is 0.416 e. The van der Waals surface area contributed by atoms with Crippen molar-refractivity contribution in [3.05, 3.63) is 44.1 Å². The van der Waals surface area contributed by atoms with Crippen molar-refractivity contribution in [1.29, 1.82) is 0 Å². The molecule has 6 nitrogen and oxygen atoms in total. The Hall–Kier alpha value is -1.94. The predicted octanol–water partition coefficient (Wildman–Crippen LogP) is 2.22. The average molecular weight is 363 g/mol. The molecule has 0 bridgehead atoms. The Labute approximate surface area is 138 Å². The molecule has 1 atom stereocenters. The Kier molecular flexibility index (Phi) is 5.00. The summed E-state index contributed by atoms with van der Waals surface area (Å²) in [5, 5.41) is 9.99. The molecule has 132 valence electrons. The fraction of sp³-hybridized carbons (Fsp3) is 0.429. The van der Waals surface area contributed by atoms with Gasteiger partial charge in [0.05, 0.1) is 22.6 Å². The van der Waals surface area contributed by atoms with Gasteiger partial charge in [-0.25, -0.2) is 4.79 Å². The van der Waals surface area contributed by atoms with Gasteiger partial charge in [-0.2, -0.15) is 17.8 Å². The zero-order chi connectivity index (χ0) is 18.2. The molecule has 2 rings (SSSR count). The van der Waals surface area contributed by atoms with Crippen molar-refractivity contribution in [3.8, 4) is 0 Å². The van der Waals surface area contributed by atoms with Gasteiger partial charge >= 0.3 is 11.9 Å². The summed E-state index contributed by atoms with van der Waals surface area (Å²) >= 11 is 0.978. The molecule has 0 saturated carbocycles. The Morgan fingerprint density at radius 1 is 1.29 bits per heavy atom. The number of halogens is 3. The average Bonchev–Trinajstić information content (AvgIpc) is 2.48. The van der Waals surface area contributed by atoms with E-state index in [0.29, 0.717) is 10.7 Å². The second-order valence-corrected chi connectivity index (χ2v) is 6.13. The summed E-state index contributed by atoms with van der Waals surface area (Å²) in [6.07, 6.45) is -4.56. The maximum atomic E-state index is 13.3. The first kappa shape index (κ1) is 18.4. The lowest BCUT2D eigenvalue weighted by Crippen LogP contribution is -2.39. The Morgan fingerprint density at radius 3 is 2.42 bits per heavy atom. The smallest absolute Gasteiger partial charge is 0.388 e. The molecule has 0 aliphatic rings. The van der Waals surface area contributed by atoms with E-state index < -0.39 is 40.6 Å². The lowest BCUT2D eigenvalue weighted by molar-refractivity contribution is -0.139. The topological polar surface area (TPSA) is 87.1 Å². The minimum atomic E-state index is -4.73. The minimum Gasteiger partial charge on any atom is -0.388 e. The van der Waals surface area contributed by atoms with E-state index in [9.17, 15) is 27.9 Å². The summed E-state index contributed by atoms with van der Waals surface area (Å²) in [5.41, 5.74) is -3.40. The molecule has 0 fully saturated rings. The fourth-order valence-electron chi connectivity index (χ4n) is 2.30. The highest BCUT2D eigenvalue weighted by Gasteiger charge is 2.36. The first-order valence-corrected chi connectivity index (χ1v) is 8.17. The van der Waals surface area contributed by atoms with Crippen LogP contribution in [0.1, 0.15) is 31.1 Å². The van der Waals surface area contributed by atoms with E-state index in [1.165, 1.54) is 0 Å². The maximum Gasteiger partial charge on any atom is 0.416 e. The van der Waals surface area contributed by atoms with Crippen molar-refractivity contribution >= 4 is 22.9 Å². The van der Waals surface area contributed by atoms with Gasteiger partial charge in [0, 0.05) is 6.26 Å². The van der Waals surface area contributed by atoms with Gasteiger partial charge in [-0.3, -0.25) is 9.63 Å². The summed E-state index contributed by atoms with van der Waals surface area (Å²) in [6, 6.07) is 1.67. The third-order valence-electron chi connectivity index (χ3n) is 3.51. The number of nitrogens with zero attached hydrogens (tertiary/aromatic N) is 1. The first-order valence-electron chi connectivity index (χ1n) is 6.95. The summed E-state index contributed by atoms with van der Waals surface area (Å²) < 4.78 is 40.6. The number of hydrogen-bond acceptors (Lipinski definition) is 5. The highest BCUT2D eigenvalue weighted by Crippen LogP contribution is 2.38. The predicted molar refractivity (Wildman–Crippen MR) is 86.5 cm³/mol. The van der Waals surface area contributed by atoms with E-state index in [-0.39, 0.29) is 10.9 Å². The molecule has 2 aromatic rings. The van der Waals surface area contributed by atoms with Gasteiger partial charge in [0.1, 0.15) is 0 Å². The van der Waals surface area contributed by atoms with Gasteiger partial charge in [-0.15, -0.1) is 0 Å². The van der Waals surface area contributed by atoms with Crippen LogP contribution in [0.5, 0.6) is 0 Å². The number of benzene rings is 1. The van der Waals surface area contributed by atoms with Crippen molar-refractivity contribution in [3.63, 3.8) is 0 Å². The van der Waals surface area contributed by atoms with Gasteiger partial charge in [0.2, 0.25) is 0 Å². The number of aromatic nitrogens is 2. The molecule has 0 aliphatic carbocycles. The zero-order valence-corrected chi connectivity index (χ0v) is 13.9. The highest BCUT2D eigenvalue weighted by atomic mass is 32.2. The molecule has 1 aromatic carbocycles. The van der Waals surface area contributed by atoms with Crippen LogP contribution >= 0.6 is 11.9 Å². The maximum absolute atomic E-state index is 13.3. The zero-order valence-electron chi connectivity index (χ0n) is 13.1. The summed E-state index contributed by atoms with van der Waals surface area (Å²) in [5.74, 6) is -0.488. The molecule has 1 aromatic heterocycles. The van der Waals surface area contributed by atoms with Crippen molar-refractivity contribution in [1.82, 2.24) is 9.66 Å². The molecule has 10 heteroatoms. The fourth-order valence-corrected chi connectivity index (χ4v) is 2.65. The number of aliphatic hydroxyl groups excluding tert-OH is 1. The van der Waals surface area contributed by atoms with E-state index in [4.69, 9.17) is 0 Å². The quantitative estimate of drug-likeness (QED) is 0.725. The van der Waals surface area contributed by atoms with Crippen molar-refractivity contribution in [2.45, 2.75) is 26.1 Å². The van der Waals surface area contributed by atoms with Crippen LogP contribution in [-0.2, 0) is 6.18 Å². The van der Waals surface area contributed by atoms with Crippen molar-refractivity contribution in [2.24, 2.45) is 5.92 Å². The molecule has 24 heavy (non-hydrogen) atoms. The summed E-state index contributed by atoms with van der Waals surface area (Å²) in [6.45, 7) is 3.13. The van der Waals surface area contributed by atoms with Gasteiger partial charge in [-0.05, 0) is 35.6 Å². The van der Waals surface area contributed by atoms with Crippen LogP contribution in [0.2, 0.25) is 0 Å². The molecular weight excluding hydrogens is 347 g/mol. The van der Waals surface area contributed by atoms with Gasteiger partial charge in [-0.1, -0.05) is 13.8 Å². The highest BCUT2D eigenvalue weighted by molar-refractivity contribution is 7.99. The molecule has 0 saturated heterocycles. The van der Waals surface area contributed by atoms with Crippen LogP contribution in [0.3, 0.4) is 0 Å². The summed E-state index contributed by atoms with van der Waals surface area (Å²) in [7, 11) is 0. The van der Waals surface area contributed by atoms with Gasteiger partial charge in [0.25, 0.3) is 5.56 Å². The van der Waals surface area contributed by atoms with E-state index in [2.05, 4.69) is 9.82 Å².